The van der Waals surface area contributed by atoms with Gasteiger partial charge in [-0.05, 0) is 11.6 Å². The molecule has 1 aromatic carbocycles. The van der Waals surface area contributed by atoms with Gasteiger partial charge in [0.1, 0.15) is 18.3 Å². The van der Waals surface area contributed by atoms with Crippen LogP contribution in [0.15, 0.2) is 47.4 Å². The predicted molar refractivity (Wildman–Crippen MR) is 97.9 cm³/mol. The zero-order valence-corrected chi connectivity index (χ0v) is 14.4. The van der Waals surface area contributed by atoms with Gasteiger partial charge in [-0.25, -0.2) is 4.98 Å². The van der Waals surface area contributed by atoms with E-state index in [1.54, 1.807) is 6.07 Å². The number of benzene rings is 1. The molecule has 140 valence electrons. The number of aromatic hydroxyl groups is 1. The second-order valence-electron chi connectivity index (χ2n) is 5.87. The Labute approximate surface area is 158 Å². The smallest absolute Gasteiger partial charge is 0.322 e. The number of carbonyl (C=O) groups is 2. The quantitative estimate of drug-likeness (QED) is 0.596. The number of nitriles is 1. The number of aromatic nitrogens is 2. The summed E-state index contributed by atoms with van der Waals surface area (Å²) in [6.07, 6.45) is 1.48. The van der Waals surface area contributed by atoms with Gasteiger partial charge in [-0.15, -0.1) is 0 Å². The number of pyridine rings is 2. The zero-order chi connectivity index (χ0) is 20.3. The molecule has 0 aliphatic carbocycles. The van der Waals surface area contributed by atoms with Crippen LogP contribution in [-0.2, 0) is 11.3 Å². The molecule has 2 heterocycles. The monoisotopic (exact) mass is 378 g/mol. The van der Waals surface area contributed by atoms with Crippen molar-refractivity contribution in [3.63, 3.8) is 0 Å². The van der Waals surface area contributed by atoms with Crippen molar-refractivity contribution >= 4 is 22.6 Å². The maximum atomic E-state index is 12.9. The molecule has 0 atom stereocenters. The Kier molecular flexibility index (Phi) is 5.04. The lowest BCUT2D eigenvalue weighted by atomic mass is 10.1. The molecule has 3 rings (SSSR count). The topological polar surface area (TPSA) is 145 Å². The third-order valence-electron chi connectivity index (χ3n) is 4.02. The normalized spacial score (nSPS) is 10.4. The number of rotatable bonds is 5. The summed E-state index contributed by atoms with van der Waals surface area (Å²) in [5.74, 6) is -3.00. The van der Waals surface area contributed by atoms with Gasteiger partial charge in [0.15, 0.2) is 11.4 Å². The highest BCUT2D eigenvalue weighted by atomic mass is 16.4. The van der Waals surface area contributed by atoms with Crippen LogP contribution in [0.25, 0.3) is 10.8 Å². The number of hydrogen-bond donors (Lipinski definition) is 3. The molecular formula is C19H14N4O5. The summed E-state index contributed by atoms with van der Waals surface area (Å²) in [4.78, 5) is 39.5. The third kappa shape index (κ3) is 3.52. The number of fused-ring (bicyclic) bond motifs is 1. The van der Waals surface area contributed by atoms with E-state index in [9.17, 15) is 24.8 Å². The molecule has 9 nitrogen and oxygen atoms in total. The van der Waals surface area contributed by atoms with Crippen molar-refractivity contribution in [2.45, 2.75) is 6.54 Å². The molecule has 0 spiro atoms. The molecule has 28 heavy (non-hydrogen) atoms. The van der Waals surface area contributed by atoms with Crippen LogP contribution in [0, 0.1) is 11.3 Å². The van der Waals surface area contributed by atoms with E-state index in [2.05, 4.69) is 4.98 Å². The fraction of sp³-hybridized carbons (Fsp3) is 0.105. The molecule has 0 bridgehead atoms. The van der Waals surface area contributed by atoms with Crippen molar-refractivity contribution < 1.29 is 19.8 Å². The van der Waals surface area contributed by atoms with E-state index in [1.165, 1.54) is 16.8 Å². The standard InChI is InChI=1S/C19H14N4O5/c20-8-13-12-6-7-23(10-11-4-2-1-3-5-11)19(28)15(12)17(26)16(22-13)18(27)21-9-14(24)25/h1-7,26H,9-10H2,(H,21,27)(H,24,25). The highest BCUT2D eigenvalue weighted by Crippen LogP contribution is 2.26. The first-order valence-corrected chi connectivity index (χ1v) is 8.12. The molecule has 0 aliphatic heterocycles. The molecule has 3 aromatic rings. The van der Waals surface area contributed by atoms with E-state index in [0.29, 0.717) is 0 Å². The van der Waals surface area contributed by atoms with Crippen LogP contribution >= 0.6 is 0 Å². The van der Waals surface area contributed by atoms with E-state index in [0.717, 1.165) is 5.56 Å². The van der Waals surface area contributed by atoms with Crippen molar-refractivity contribution in [1.82, 2.24) is 14.9 Å². The van der Waals surface area contributed by atoms with E-state index in [1.807, 2.05) is 35.6 Å². The highest BCUT2D eigenvalue weighted by molar-refractivity contribution is 6.03. The Balaban J connectivity index is 2.15. The van der Waals surface area contributed by atoms with Gasteiger partial charge >= 0.3 is 5.97 Å². The fourth-order valence-corrected chi connectivity index (χ4v) is 2.73. The van der Waals surface area contributed by atoms with Crippen LogP contribution in [0.3, 0.4) is 0 Å². The van der Waals surface area contributed by atoms with Gasteiger partial charge in [-0.3, -0.25) is 14.4 Å². The number of amides is 1. The minimum atomic E-state index is -1.29. The summed E-state index contributed by atoms with van der Waals surface area (Å²) in [5, 5.41) is 30.4. The minimum absolute atomic E-state index is 0.101. The first-order valence-electron chi connectivity index (χ1n) is 8.12. The second-order valence-corrected chi connectivity index (χ2v) is 5.87. The summed E-state index contributed by atoms with van der Waals surface area (Å²) in [6, 6.07) is 12.4. The summed E-state index contributed by atoms with van der Waals surface area (Å²) >= 11 is 0. The molecule has 0 saturated heterocycles. The molecule has 3 N–H and O–H groups in total. The van der Waals surface area contributed by atoms with Crippen LogP contribution in [0.1, 0.15) is 21.7 Å². The zero-order valence-electron chi connectivity index (χ0n) is 14.4. The van der Waals surface area contributed by atoms with Gasteiger partial charge in [0.25, 0.3) is 11.5 Å². The second kappa shape index (κ2) is 7.59. The average molecular weight is 378 g/mol. The third-order valence-corrected chi connectivity index (χ3v) is 4.02. The minimum Gasteiger partial charge on any atom is -0.505 e. The maximum Gasteiger partial charge on any atom is 0.322 e. The predicted octanol–water partition coefficient (Wildman–Crippen LogP) is 0.836. The number of aliphatic carboxylic acids is 1. The molecule has 1 amide bonds. The summed E-state index contributed by atoms with van der Waals surface area (Å²) in [7, 11) is 0. The molecule has 0 radical (unpaired) electrons. The Morgan fingerprint density at radius 2 is 1.93 bits per heavy atom. The number of nitrogens with one attached hydrogen (secondary N) is 1. The summed E-state index contributed by atoms with van der Waals surface area (Å²) in [6.45, 7) is -0.479. The van der Waals surface area contributed by atoms with Crippen molar-refractivity contribution in [2.75, 3.05) is 6.54 Å². The van der Waals surface area contributed by atoms with Gasteiger partial charge in [-0.1, -0.05) is 30.3 Å². The largest absolute Gasteiger partial charge is 0.505 e. The summed E-state index contributed by atoms with van der Waals surface area (Å²) < 4.78 is 1.33. The SMILES string of the molecule is N#Cc1nc(C(=O)NCC(=O)O)c(O)c2c(=O)n(Cc3ccccc3)ccc12. The van der Waals surface area contributed by atoms with Crippen LogP contribution in [0.5, 0.6) is 5.75 Å². The highest BCUT2D eigenvalue weighted by Gasteiger charge is 2.22. The number of carboxylic acid groups (broad SMARTS) is 1. The lowest BCUT2D eigenvalue weighted by Gasteiger charge is -2.11. The van der Waals surface area contributed by atoms with E-state index >= 15 is 0 Å². The maximum absolute atomic E-state index is 12.9. The average Bonchev–Trinajstić information content (AvgIpc) is 2.69. The molecule has 0 fully saturated rings. The van der Waals surface area contributed by atoms with E-state index < -0.39 is 35.4 Å². The number of nitrogens with zero attached hydrogens (tertiary/aromatic N) is 3. The molecule has 0 aliphatic rings. The number of hydrogen-bond acceptors (Lipinski definition) is 6. The molecule has 2 aromatic heterocycles. The molecule has 9 heteroatoms. The Morgan fingerprint density at radius 1 is 1.21 bits per heavy atom. The van der Waals surface area contributed by atoms with E-state index in [-0.39, 0.29) is 23.0 Å². The molecule has 0 unspecified atom stereocenters. The Morgan fingerprint density at radius 3 is 2.57 bits per heavy atom. The van der Waals surface area contributed by atoms with Gasteiger partial charge in [0.2, 0.25) is 0 Å². The van der Waals surface area contributed by atoms with Gasteiger partial charge in [-0.2, -0.15) is 5.26 Å². The van der Waals surface area contributed by atoms with E-state index in [4.69, 9.17) is 5.11 Å². The van der Waals surface area contributed by atoms with Crippen molar-refractivity contribution in [1.29, 1.82) is 5.26 Å². The van der Waals surface area contributed by atoms with Crippen molar-refractivity contribution in [3.8, 4) is 11.8 Å². The first-order chi connectivity index (χ1) is 13.4. The van der Waals surface area contributed by atoms with Gasteiger partial charge in [0, 0.05) is 11.6 Å². The van der Waals surface area contributed by atoms with Crippen LogP contribution in [-0.4, -0.2) is 38.2 Å². The van der Waals surface area contributed by atoms with Crippen LogP contribution in [0.2, 0.25) is 0 Å². The number of carboxylic acids is 1. The van der Waals surface area contributed by atoms with Gasteiger partial charge < -0.3 is 20.1 Å². The molecular weight excluding hydrogens is 364 g/mol. The van der Waals surface area contributed by atoms with Crippen LogP contribution < -0.4 is 10.9 Å². The van der Waals surface area contributed by atoms with Crippen molar-refractivity contribution in [3.05, 3.63) is 69.9 Å². The lowest BCUT2D eigenvalue weighted by Crippen LogP contribution is -2.30. The van der Waals surface area contributed by atoms with Crippen molar-refractivity contribution in [2.24, 2.45) is 0 Å². The van der Waals surface area contributed by atoms with Crippen LogP contribution in [0.4, 0.5) is 0 Å². The Hall–Kier alpha value is -4.19. The Bertz CT molecular complexity index is 1180. The molecule has 0 saturated carbocycles. The van der Waals surface area contributed by atoms with Gasteiger partial charge in [0.05, 0.1) is 11.9 Å². The lowest BCUT2D eigenvalue weighted by molar-refractivity contribution is -0.135. The first kappa shape index (κ1) is 18.6. The number of carbonyl (C=O) groups excluding carboxylic acids is 1. The summed E-state index contributed by atoms with van der Waals surface area (Å²) in [5.41, 5.74) is -0.570. The fourth-order valence-electron chi connectivity index (χ4n) is 2.73.